The molecule has 1 nitrogen and oxygen atoms in total. The molecule has 2 rings (SSSR count). The molecule has 1 saturated heterocycles. The monoisotopic (exact) mass is 162 g/mol. The van der Waals surface area contributed by atoms with Crippen LogP contribution < -0.4 is 0 Å². The van der Waals surface area contributed by atoms with Gasteiger partial charge in [-0.15, -0.1) is 0 Å². The molecule has 12 heavy (non-hydrogen) atoms. The molecule has 1 aromatic carbocycles. The summed E-state index contributed by atoms with van der Waals surface area (Å²) in [5.41, 5.74) is 1.33. The highest BCUT2D eigenvalue weighted by Crippen LogP contribution is 2.26. The third kappa shape index (κ3) is 1.67. The number of rotatable bonds is 1. The molecular weight excluding hydrogens is 148 g/mol. The molecule has 0 N–H and O–H groups in total. The molecule has 0 radical (unpaired) electrons. The van der Waals surface area contributed by atoms with Gasteiger partial charge in [0, 0.05) is 6.61 Å². The summed E-state index contributed by atoms with van der Waals surface area (Å²) in [4.78, 5) is 0. The maximum atomic E-state index is 5.66. The quantitative estimate of drug-likeness (QED) is 0.617. The molecule has 64 valence electrons. The van der Waals surface area contributed by atoms with Crippen LogP contribution in [0, 0.1) is 0 Å². The first kappa shape index (κ1) is 7.81. The van der Waals surface area contributed by atoms with Gasteiger partial charge in [-0.25, -0.2) is 0 Å². The lowest BCUT2D eigenvalue weighted by atomic mass is 10.0. The van der Waals surface area contributed by atoms with Gasteiger partial charge in [0.05, 0.1) is 6.10 Å². The van der Waals surface area contributed by atoms with Crippen molar-refractivity contribution in [2.75, 3.05) is 6.61 Å². The Balaban J connectivity index is 2.08. The fraction of sp³-hybridized carbons (Fsp3) is 0.455. The Morgan fingerprint density at radius 2 is 1.92 bits per heavy atom. The summed E-state index contributed by atoms with van der Waals surface area (Å²) < 4.78 is 5.66. The first-order valence-electron chi connectivity index (χ1n) is 4.63. The van der Waals surface area contributed by atoms with Gasteiger partial charge in [0.15, 0.2) is 0 Å². The van der Waals surface area contributed by atoms with E-state index < -0.39 is 0 Å². The molecule has 1 aliphatic rings. The van der Waals surface area contributed by atoms with Crippen LogP contribution >= 0.6 is 0 Å². The SMILES string of the molecule is c1ccc([C@@H]2CCCCO2)cc1. The first-order valence-corrected chi connectivity index (χ1v) is 4.63. The Labute approximate surface area is 73.4 Å². The summed E-state index contributed by atoms with van der Waals surface area (Å²) in [6, 6.07) is 10.5. The van der Waals surface area contributed by atoms with Gasteiger partial charge < -0.3 is 4.74 Å². The summed E-state index contributed by atoms with van der Waals surface area (Å²) in [6.07, 6.45) is 4.08. The predicted octanol–water partition coefficient (Wildman–Crippen LogP) is 2.93. The minimum absolute atomic E-state index is 0.361. The van der Waals surface area contributed by atoms with Crippen LogP contribution in [-0.2, 0) is 4.74 Å². The molecule has 1 aliphatic heterocycles. The van der Waals surface area contributed by atoms with Crippen LogP contribution in [0.2, 0.25) is 0 Å². The molecule has 1 heterocycles. The number of benzene rings is 1. The molecule has 0 aromatic heterocycles. The second-order valence-electron chi connectivity index (χ2n) is 3.27. The summed E-state index contributed by atoms with van der Waals surface area (Å²) >= 11 is 0. The molecule has 0 amide bonds. The second kappa shape index (κ2) is 3.72. The largest absolute Gasteiger partial charge is 0.374 e. The highest BCUT2D eigenvalue weighted by molar-refractivity contribution is 5.17. The van der Waals surface area contributed by atoms with E-state index in [4.69, 9.17) is 4.74 Å². The van der Waals surface area contributed by atoms with Crippen LogP contribution in [0.1, 0.15) is 30.9 Å². The fourth-order valence-electron chi connectivity index (χ4n) is 1.67. The maximum absolute atomic E-state index is 5.66. The lowest BCUT2D eigenvalue weighted by Crippen LogP contribution is -2.11. The van der Waals surface area contributed by atoms with Gasteiger partial charge in [0.1, 0.15) is 0 Å². The zero-order chi connectivity index (χ0) is 8.23. The Hall–Kier alpha value is -0.820. The third-order valence-electron chi connectivity index (χ3n) is 2.35. The summed E-state index contributed by atoms with van der Waals surface area (Å²) in [6.45, 7) is 0.930. The molecule has 1 heteroatoms. The Morgan fingerprint density at radius 1 is 1.08 bits per heavy atom. The number of hydrogen-bond donors (Lipinski definition) is 0. The third-order valence-corrected chi connectivity index (χ3v) is 2.35. The van der Waals surface area contributed by atoms with Crippen molar-refractivity contribution in [1.82, 2.24) is 0 Å². The van der Waals surface area contributed by atoms with E-state index in [1.165, 1.54) is 24.8 Å². The van der Waals surface area contributed by atoms with E-state index in [9.17, 15) is 0 Å². The molecular formula is C11H14O. The van der Waals surface area contributed by atoms with E-state index in [2.05, 4.69) is 24.3 Å². The average molecular weight is 162 g/mol. The molecule has 0 spiro atoms. The van der Waals surface area contributed by atoms with Gasteiger partial charge in [-0.05, 0) is 24.8 Å². The first-order chi connectivity index (χ1) is 5.97. The average Bonchev–Trinajstić information content (AvgIpc) is 2.21. The minimum Gasteiger partial charge on any atom is -0.374 e. The Morgan fingerprint density at radius 3 is 2.58 bits per heavy atom. The van der Waals surface area contributed by atoms with Gasteiger partial charge >= 0.3 is 0 Å². The Bertz CT molecular complexity index is 224. The minimum atomic E-state index is 0.361. The van der Waals surface area contributed by atoms with Gasteiger partial charge in [0.2, 0.25) is 0 Å². The zero-order valence-corrected chi connectivity index (χ0v) is 7.20. The van der Waals surface area contributed by atoms with E-state index in [1.54, 1.807) is 0 Å². The number of ether oxygens (including phenoxy) is 1. The van der Waals surface area contributed by atoms with E-state index in [0.29, 0.717) is 6.10 Å². The van der Waals surface area contributed by atoms with Crippen molar-refractivity contribution in [2.45, 2.75) is 25.4 Å². The molecule has 0 bridgehead atoms. The van der Waals surface area contributed by atoms with Crippen molar-refractivity contribution in [3.05, 3.63) is 35.9 Å². The molecule has 1 fully saturated rings. The summed E-state index contributed by atoms with van der Waals surface area (Å²) in [7, 11) is 0. The van der Waals surface area contributed by atoms with Crippen molar-refractivity contribution in [1.29, 1.82) is 0 Å². The highest BCUT2D eigenvalue weighted by atomic mass is 16.5. The van der Waals surface area contributed by atoms with Gasteiger partial charge in [-0.2, -0.15) is 0 Å². The summed E-state index contributed by atoms with van der Waals surface area (Å²) in [5, 5.41) is 0. The predicted molar refractivity (Wildman–Crippen MR) is 49.0 cm³/mol. The van der Waals surface area contributed by atoms with Crippen molar-refractivity contribution < 1.29 is 4.74 Å². The molecule has 0 saturated carbocycles. The van der Waals surface area contributed by atoms with E-state index >= 15 is 0 Å². The van der Waals surface area contributed by atoms with E-state index in [1.807, 2.05) is 6.07 Å². The lowest BCUT2D eigenvalue weighted by molar-refractivity contribution is 0.0149. The van der Waals surface area contributed by atoms with Crippen LogP contribution in [0.4, 0.5) is 0 Å². The topological polar surface area (TPSA) is 9.23 Å². The normalized spacial score (nSPS) is 23.8. The maximum Gasteiger partial charge on any atom is 0.0824 e. The van der Waals surface area contributed by atoms with Gasteiger partial charge in [-0.3, -0.25) is 0 Å². The van der Waals surface area contributed by atoms with Crippen molar-refractivity contribution in [2.24, 2.45) is 0 Å². The van der Waals surface area contributed by atoms with Gasteiger partial charge in [0.25, 0.3) is 0 Å². The highest BCUT2D eigenvalue weighted by Gasteiger charge is 2.14. The standard InChI is InChI=1S/C11H14O/c1-2-6-10(7-3-1)11-8-4-5-9-12-11/h1-3,6-7,11H,4-5,8-9H2/t11-/m0/s1. The van der Waals surface area contributed by atoms with E-state index in [-0.39, 0.29) is 0 Å². The van der Waals surface area contributed by atoms with E-state index in [0.717, 1.165) is 6.61 Å². The van der Waals surface area contributed by atoms with Crippen LogP contribution in [0.15, 0.2) is 30.3 Å². The number of hydrogen-bond acceptors (Lipinski definition) is 1. The van der Waals surface area contributed by atoms with Crippen LogP contribution in [-0.4, -0.2) is 6.61 Å². The van der Waals surface area contributed by atoms with Crippen molar-refractivity contribution in [3.8, 4) is 0 Å². The lowest BCUT2D eigenvalue weighted by Gasteiger charge is -2.22. The van der Waals surface area contributed by atoms with Crippen molar-refractivity contribution >= 4 is 0 Å². The molecule has 1 atom stereocenters. The molecule has 1 aromatic rings. The van der Waals surface area contributed by atoms with Crippen molar-refractivity contribution in [3.63, 3.8) is 0 Å². The van der Waals surface area contributed by atoms with Crippen LogP contribution in [0.3, 0.4) is 0 Å². The van der Waals surface area contributed by atoms with Gasteiger partial charge in [-0.1, -0.05) is 30.3 Å². The van der Waals surface area contributed by atoms with Crippen LogP contribution in [0.5, 0.6) is 0 Å². The zero-order valence-electron chi connectivity index (χ0n) is 7.20. The smallest absolute Gasteiger partial charge is 0.0824 e. The Kier molecular flexibility index (Phi) is 2.42. The molecule has 0 unspecified atom stereocenters. The fourth-order valence-corrected chi connectivity index (χ4v) is 1.67. The second-order valence-corrected chi connectivity index (χ2v) is 3.27. The summed E-state index contributed by atoms with van der Waals surface area (Å²) in [5.74, 6) is 0. The molecule has 0 aliphatic carbocycles. The van der Waals surface area contributed by atoms with Crippen LogP contribution in [0.25, 0.3) is 0 Å².